The zero-order valence-corrected chi connectivity index (χ0v) is 17.9. The number of hydrogen-bond donors (Lipinski definition) is 1. The Morgan fingerprint density at radius 2 is 1.83 bits per heavy atom. The second-order valence-corrected chi connectivity index (χ2v) is 8.15. The van der Waals surface area contributed by atoms with E-state index in [-0.39, 0.29) is 23.9 Å². The molecule has 1 aromatic carbocycles. The fraction of sp³-hybridized carbons (Fsp3) is 0.304. The summed E-state index contributed by atoms with van der Waals surface area (Å²) in [5.74, 6) is -0.233. The van der Waals surface area contributed by atoms with E-state index in [1.165, 1.54) is 17.7 Å². The van der Waals surface area contributed by atoms with Crippen LogP contribution in [0.4, 0.5) is 4.39 Å². The van der Waals surface area contributed by atoms with E-state index in [2.05, 4.69) is 53.5 Å². The van der Waals surface area contributed by atoms with Gasteiger partial charge in [0.1, 0.15) is 5.82 Å². The minimum atomic E-state index is -0.233. The van der Waals surface area contributed by atoms with Crippen LogP contribution in [0.2, 0.25) is 0 Å². The highest BCUT2D eigenvalue weighted by Crippen LogP contribution is 2.42. The van der Waals surface area contributed by atoms with Gasteiger partial charge in [-0.2, -0.15) is 0 Å². The number of hydrogen-bond acceptors (Lipinski definition) is 2. The molecule has 0 bridgehead atoms. The van der Waals surface area contributed by atoms with Crippen LogP contribution in [0.3, 0.4) is 0 Å². The van der Waals surface area contributed by atoms with Crippen LogP contribution in [0.15, 0.2) is 54.7 Å². The van der Waals surface area contributed by atoms with Crippen LogP contribution in [0.1, 0.15) is 48.6 Å². The van der Waals surface area contributed by atoms with Crippen molar-refractivity contribution in [3.05, 3.63) is 83.2 Å². The molecule has 1 N–H and O–H groups in total. The Labute approximate surface area is 176 Å². The van der Waals surface area contributed by atoms with E-state index in [0.29, 0.717) is 0 Å². The molecule has 0 spiro atoms. The fourth-order valence-electron chi connectivity index (χ4n) is 4.33. The standard InChI is InChI=1S/C23H25FN4S/c1-14(2)27-22(21(26-23(27)29)20-7-5-6-12-25-20)19-13-15(3)28(16(19)4)18-10-8-17(24)9-11-18/h5-14,21-22H,1-4H3,(H,26,29)/t21-,22+/m1/s1. The maximum atomic E-state index is 13.4. The van der Waals surface area contributed by atoms with Gasteiger partial charge in [0.15, 0.2) is 5.11 Å². The maximum Gasteiger partial charge on any atom is 0.170 e. The second-order valence-electron chi connectivity index (χ2n) is 7.77. The van der Waals surface area contributed by atoms with Gasteiger partial charge in [0, 0.05) is 29.3 Å². The molecule has 2 atom stereocenters. The molecule has 6 heteroatoms. The molecule has 0 aliphatic carbocycles. The molecular formula is C23H25FN4S. The number of thiocarbonyl (C=S) groups is 1. The number of aryl methyl sites for hydroxylation is 1. The van der Waals surface area contributed by atoms with Crippen molar-refractivity contribution in [2.45, 2.75) is 45.8 Å². The van der Waals surface area contributed by atoms with Crippen molar-refractivity contribution in [1.82, 2.24) is 19.8 Å². The quantitative estimate of drug-likeness (QED) is 0.615. The molecule has 0 saturated carbocycles. The number of benzene rings is 1. The molecule has 1 saturated heterocycles. The maximum absolute atomic E-state index is 13.4. The SMILES string of the molecule is Cc1cc([C@H]2[C@@H](c3ccccn3)NC(=S)N2C(C)C)c(C)n1-c1ccc(F)cc1. The predicted octanol–water partition coefficient (Wildman–Crippen LogP) is 5.01. The van der Waals surface area contributed by atoms with E-state index in [1.54, 1.807) is 0 Å². The summed E-state index contributed by atoms with van der Waals surface area (Å²) >= 11 is 5.70. The number of rotatable bonds is 4. The van der Waals surface area contributed by atoms with Gasteiger partial charge >= 0.3 is 0 Å². The van der Waals surface area contributed by atoms with Gasteiger partial charge in [0.2, 0.25) is 0 Å². The van der Waals surface area contributed by atoms with Crippen molar-refractivity contribution in [1.29, 1.82) is 0 Å². The third-order valence-corrected chi connectivity index (χ3v) is 5.89. The third kappa shape index (κ3) is 3.42. The van der Waals surface area contributed by atoms with Crippen LogP contribution in [0.5, 0.6) is 0 Å². The van der Waals surface area contributed by atoms with Gasteiger partial charge in [-0.05, 0) is 87.9 Å². The van der Waals surface area contributed by atoms with Gasteiger partial charge in [0.25, 0.3) is 0 Å². The number of aromatic nitrogens is 2. The van der Waals surface area contributed by atoms with Crippen LogP contribution in [0, 0.1) is 19.7 Å². The summed E-state index contributed by atoms with van der Waals surface area (Å²) in [5, 5.41) is 4.23. The van der Waals surface area contributed by atoms with Gasteiger partial charge in [-0.15, -0.1) is 0 Å². The van der Waals surface area contributed by atoms with E-state index in [0.717, 1.165) is 27.9 Å². The number of pyridine rings is 1. The fourth-order valence-corrected chi connectivity index (χ4v) is 4.78. The lowest BCUT2D eigenvalue weighted by molar-refractivity contribution is 0.269. The topological polar surface area (TPSA) is 33.1 Å². The minimum Gasteiger partial charge on any atom is -0.352 e. The van der Waals surface area contributed by atoms with E-state index in [1.807, 2.05) is 36.5 Å². The van der Waals surface area contributed by atoms with Gasteiger partial charge in [0.05, 0.1) is 17.8 Å². The molecular weight excluding hydrogens is 383 g/mol. The Bertz CT molecular complexity index is 1030. The first kappa shape index (κ1) is 19.6. The lowest BCUT2D eigenvalue weighted by Crippen LogP contribution is -2.35. The Morgan fingerprint density at radius 3 is 2.45 bits per heavy atom. The van der Waals surface area contributed by atoms with Gasteiger partial charge in [-0.3, -0.25) is 4.98 Å². The first-order chi connectivity index (χ1) is 13.9. The molecule has 1 fully saturated rings. The molecule has 4 rings (SSSR count). The summed E-state index contributed by atoms with van der Waals surface area (Å²) in [7, 11) is 0. The molecule has 3 heterocycles. The zero-order valence-electron chi connectivity index (χ0n) is 17.1. The molecule has 1 aliphatic heterocycles. The molecule has 1 aliphatic rings. The van der Waals surface area contributed by atoms with E-state index < -0.39 is 0 Å². The van der Waals surface area contributed by atoms with Crippen molar-refractivity contribution in [2.75, 3.05) is 0 Å². The third-order valence-electron chi connectivity index (χ3n) is 5.57. The number of nitrogens with one attached hydrogen (secondary N) is 1. The average molecular weight is 409 g/mol. The van der Waals surface area contributed by atoms with Crippen LogP contribution < -0.4 is 5.32 Å². The van der Waals surface area contributed by atoms with Crippen molar-refractivity contribution in [2.24, 2.45) is 0 Å². The molecule has 4 nitrogen and oxygen atoms in total. The smallest absolute Gasteiger partial charge is 0.170 e. The van der Waals surface area contributed by atoms with E-state index >= 15 is 0 Å². The van der Waals surface area contributed by atoms with Crippen molar-refractivity contribution < 1.29 is 4.39 Å². The molecule has 0 radical (unpaired) electrons. The average Bonchev–Trinajstić information content (AvgIpc) is 3.19. The van der Waals surface area contributed by atoms with Crippen LogP contribution >= 0.6 is 12.2 Å². The number of halogens is 1. The summed E-state index contributed by atoms with van der Waals surface area (Å²) in [4.78, 5) is 6.85. The highest BCUT2D eigenvalue weighted by atomic mass is 32.1. The highest BCUT2D eigenvalue weighted by molar-refractivity contribution is 7.80. The van der Waals surface area contributed by atoms with Crippen LogP contribution in [0.25, 0.3) is 5.69 Å². The van der Waals surface area contributed by atoms with E-state index in [9.17, 15) is 4.39 Å². The van der Waals surface area contributed by atoms with Crippen LogP contribution in [-0.4, -0.2) is 25.6 Å². The Morgan fingerprint density at radius 1 is 1.10 bits per heavy atom. The largest absolute Gasteiger partial charge is 0.352 e. The van der Waals surface area contributed by atoms with E-state index in [4.69, 9.17) is 12.2 Å². The first-order valence-electron chi connectivity index (χ1n) is 9.83. The van der Waals surface area contributed by atoms with Crippen molar-refractivity contribution in [3.8, 4) is 5.69 Å². The summed E-state index contributed by atoms with van der Waals surface area (Å²) in [6, 6.07) is 15.0. The first-order valence-corrected chi connectivity index (χ1v) is 10.2. The van der Waals surface area contributed by atoms with Crippen molar-refractivity contribution >= 4 is 17.3 Å². The summed E-state index contributed by atoms with van der Waals surface area (Å²) in [6.07, 6.45) is 1.82. The molecule has 0 amide bonds. The normalized spacial score (nSPS) is 19.1. The molecule has 2 aromatic heterocycles. The van der Waals surface area contributed by atoms with Gasteiger partial charge in [-0.1, -0.05) is 6.07 Å². The zero-order chi connectivity index (χ0) is 20.7. The molecule has 29 heavy (non-hydrogen) atoms. The molecule has 150 valence electrons. The Kier molecular flexibility index (Phi) is 5.13. The molecule has 3 aromatic rings. The van der Waals surface area contributed by atoms with Crippen molar-refractivity contribution in [3.63, 3.8) is 0 Å². The minimum absolute atomic E-state index is 0.0257. The lowest BCUT2D eigenvalue weighted by Gasteiger charge is -2.31. The second kappa shape index (κ2) is 7.59. The Hall–Kier alpha value is -2.73. The van der Waals surface area contributed by atoms with Crippen LogP contribution in [-0.2, 0) is 0 Å². The monoisotopic (exact) mass is 408 g/mol. The molecule has 0 unspecified atom stereocenters. The predicted molar refractivity (Wildman–Crippen MR) is 118 cm³/mol. The number of nitrogens with zero attached hydrogens (tertiary/aromatic N) is 3. The van der Waals surface area contributed by atoms with Gasteiger partial charge in [-0.25, -0.2) is 4.39 Å². The Balaban J connectivity index is 1.85. The highest BCUT2D eigenvalue weighted by Gasteiger charge is 2.42. The lowest BCUT2D eigenvalue weighted by atomic mass is 9.96. The van der Waals surface area contributed by atoms with Gasteiger partial charge < -0.3 is 14.8 Å². The summed E-state index contributed by atoms with van der Waals surface area (Å²) < 4.78 is 15.6. The summed E-state index contributed by atoms with van der Waals surface area (Å²) in [6.45, 7) is 8.50. The summed E-state index contributed by atoms with van der Waals surface area (Å²) in [5.41, 5.74) is 5.34.